The molecule has 1 unspecified atom stereocenters. The van der Waals surface area contributed by atoms with Crippen LogP contribution < -0.4 is 15.2 Å². The molecule has 0 saturated heterocycles. The minimum atomic E-state index is -3.51. The lowest BCUT2D eigenvalue weighted by Gasteiger charge is -2.15. The Bertz CT molecular complexity index is 601. The molecule has 22 heavy (non-hydrogen) atoms. The molecule has 0 amide bonds. The fraction of sp³-hybridized carbons (Fsp3) is 0.600. The number of aryl methyl sites for hydroxylation is 1. The van der Waals surface area contributed by atoms with Crippen molar-refractivity contribution in [2.75, 3.05) is 6.54 Å². The fourth-order valence-electron chi connectivity index (χ4n) is 2.16. The summed E-state index contributed by atoms with van der Waals surface area (Å²) in [6.07, 6.45) is 2.26. The van der Waals surface area contributed by atoms with Gasteiger partial charge in [0.15, 0.2) is 0 Å². The van der Waals surface area contributed by atoms with Gasteiger partial charge in [-0.3, -0.25) is 0 Å². The molecular weight excluding hydrogens is 324 g/mol. The smallest absolute Gasteiger partial charge is 0.240 e. The summed E-state index contributed by atoms with van der Waals surface area (Å²) in [7, 11) is -3.51. The van der Waals surface area contributed by atoms with Crippen LogP contribution >= 0.6 is 12.4 Å². The first-order valence-corrected chi connectivity index (χ1v) is 8.80. The number of benzene rings is 1. The van der Waals surface area contributed by atoms with E-state index in [9.17, 15) is 8.42 Å². The highest BCUT2D eigenvalue weighted by molar-refractivity contribution is 7.89. The molecule has 5 nitrogen and oxygen atoms in total. The molecule has 2 rings (SSSR count). The van der Waals surface area contributed by atoms with E-state index < -0.39 is 10.0 Å². The summed E-state index contributed by atoms with van der Waals surface area (Å²) in [6.45, 7) is 6.00. The van der Waals surface area contributed by atoms with Gasteiger partial charge < -0.3 is 10.5 Å². The molecule has 0 spiro atoms. The molecule has 1 saturated carbocycles. The van der Waals surface area contributed by atoms with Gasteiger partial charge in [-0.25, -0.2) is 13.1 Å². The van der Waals surface area contributed by atoms with Gasteiger partial charge in [0.05, 0.1) is 11.0 Å². The molecule has 0 heterocycles. The van der Waals surface area contributed by atoms with E-state index in [0.717, 1.165) is 18.4 Å². The van der Waals surface area contributed by atoms with E-state index in [1.165, 1.54) is 0 Å². The first kappa shape index (κ1) is 19.2. The van der Waals surface area contributed by atoms with E-state index in [0.29, 0.717) is 11.7 Å². The molecule has 1 aromatic rings. The highest BCUT2D eigenvalue weighted by atomic mass is 35.5. The van der Waals surface area contributed by atoms with Gasteiger partial charge in [0.25, 0.3) is 0 Å². The standard InChI is InChI=1S/C15H24N2O3S.ClH/c1-10(2)20-15-7-6-13(8-11(15)3)21(18,19)17-9-14(16)12-4-5-12;/h6-8,10,12,14,17H,4-5,9,16H2,1-3H3;1H. The minimum Gasteiger partial charge on any atom is -0.491 e. The van der Waals surface area contributed by atoms with E-state index in [2.05, 4.69) is 4.72 Å². The minimum absolute atomic E-state index is 0. The van der Waals surface area contributed by atoms with Crippen molar-refractivity contribution in [3.8, 4) is 5.75 Å². The molecule has 0 radical (unpaired) electrons. The van der Waals surface area contributed by atoms with Crippen molar-refractivity contribution in [3.05, 3.63) is 23.8 Å². The number of hydrogen-bond donors (Lipinski definition) is 2. The Balaban J connectivity index is 0.00000242. The number of ether oxygens (including phenoxy) is 1. The lowest BCUT2D eigenvalue weighted by atomic mass is 10.2. The first-order valence-electron chi connectivity index (χ1n) is 7.32. The lowest BCUT2D eigenvalue weighted by molar-refractivity contribution is 0.240. The van der Waals surface area contributed by atoms with Crippen LogP contribution in [0, 0.1) is 12.8 Å². The second kappa shape index (κ2) is 7.64. The average Bonchev–Trinajstić information content (AvgIpc) is 3.22. The van der Waals surface area contributed by atoms with Gasteiger partial charge in [-0.15, -0.1) is 12.4 Å². The van der Waals surface area contributed by atoms with E-state index in [1.807, 2.05) is 20.8 Å². The lowest BCUT2D eigenvalue weighted by Crippen LogP contribution is -2.38. The molecule has 0 bridgehead atoms. The summed E-state index contributed by atoms with van der Waals surface area (Å²) in [6, 6.07) is 4.80. The third-order valence-electron chi connectivity index (χ3n) is 3.56. The predicted octanol–water partition coefficient (Wildman–Crippen LogP) is 2.22. The van der Waals surface area contributed by atoms with Gasteiger partial charge >= 0.3 is 0 Å². The van der Waals surface area contributed by atoms with Crippen LogP contribution in [0.15, 0.2) is 23.1 Å². The van der Waals surface area contributed by atoms with Gasteiger partial charge in [0.1, 0.15) is 5.75 Å². The van der Waals surface area contributed by atoms with Crippen LogP contribution in [0.1, 0.15) is 32.3 Å². The van der Waals surface area contributed by atoms with E-state index in [1.54, 1.807) is 18.2 Å². The quantitative estimate of drug-likeness (QED) is 0.791. The highest BCUT2D eigenvalue weighted by Crippen LogP contribution is 2.31. The number of hydrogen-bond acceptors (Lipinski definition) is 4. The average molecular weight is 349 g/mol. The molecule has 7 heteroatoms. The third kappa shape index (κ3) is 5.12. The summed E-state index contributed by atoms with van der Waals surface area (Å²) in [4.78, 5) is 0.249. The molecule has 126 valence electrons. The molecule has 1 aliphatic rings. The summed E-state index contributed by atoms with van der Waals surface area (Å²) >= 11 is 0. The molecule has 1 fully saturated rings. The van der Waals surface area contributed by atoms with Gasteiger partial charge in [0.2, 0.25) is 10.0 Å². The van der Waals surface area contributed by atoms with Crippen molar-refractivity contribution in [1.82, 2.24) is 4.72 Å². The van der Waals surface area contributed by atoms with Crippen molar-refractivity contribution in [2.45, 2.75) is 50.7 Å². The van der Waals surface area contributed by atoms with Gasteiger partial charge in [-0.2, -0.15) is 0 Å². The van der Waals surface area contributed by atoms with E-state index >= 15 is 0 Å². The van der Waals surface area contributed by atoms with Crippen molar-refractivity contribution in [2.24, 2.45) is 11.7 Å². The third-order valence-corrected chi connectivity index (χ3v) is 4.98. The van der Waals surface area contributed by atoms with Gasteiger partial charge in [0, 0.05) is 12.6 Å². The number of rotatable bonds is 7. The summed E-state index contributed by atoms with van der Waals surface area (Å²) in [5.74, 6) is 1.18. The van der Waals surface area contributed by atoms with E-state index in [4.69, 9.17) is 10.5 Å². The molecular formula is C15H25ClN2O3S. The SMILES string of the molecule is Cc1cc(S(=O)(=O)NCC(N)C2CC2)ccc1OC(C)C.Cl. The van der Waals surface area contributed by atoms with Crippen molar-refractivity contribution in [3.63, 3.8) is 0 Å². The summed E-state index contributed by atoms with van der Waals surface area (Å²) in [5, 5.41) is 0. The van der Waals surface area contributed by atoms with Crippen LogP contribution in [0.2, 0.25) is 0 Å². The zero-order valence-electron chi connectivity index (χ0n) is 13.2. The van der Waals surface area contributed by atoms with Crippen LogP contribution in [0.3, 0.4) is 0 Å². The predicted molar refractivity (Wildman–Crippen MR) is 90.1 cm³/mol. The van der Waals surface area contributed by atoms with Crippen molar-refractivity contribution >= 4 is 22.4 Å². The van der Waals surface area contributed by atoms with Crippen LogP contribution in [-0.2, 0) is 10.0 Å². The van der Waals surface area contributed by atoms with Crippen LogP contribution in [0.25, 0.3) is 0 Å². The van der Waals surface area contributed by atoms with Crippen molar-refractivity contribution < 1.29 is 13.2 Å². The van der Waals surface area contributed by atoms with Crippen LogP contribution in [-0.4, -0.2) is 27.1 Å². The second-order valence-electron chi connectivity index (χ2n) is 5.95. The monoisotopic (exact) mass is 348 g/mol. The highest BCUT2D eigenvalue weighted by Gasteiger charge is 2.29. The number of halogens is 1. The molecule has 1 aliphatic carbocycles. The largest absolute Gasteiger partial charge is 0.491 e. The topological polar surface area (TPSA) is 81.4 Å². The molecule has 1 atom stereocenters. The number of sulfonamides is 1. The second-order valence-corrected chi connectivity index (χ2v) is 7.71. The zero-order valence-corrected chi connectivity index (χ0v) is 14.8. The Labute approximate surface area is 139 Å². The zero-order chi connectivity index (χ0) is 15.6. The molecule has 3 N–H and O–H groups in total. The van der Waals surface area contributed by atoms with E-state index in [-0.39, 0.29) is 36.0 Å². The van der Waals surface area contributed by atoms with Crippen LogP contribution in [0.4, 0.5) is 0 Å². The number of nitrogens with two attached hydrogens (primary N) is 1. The Morgan fingerprint density at radius 2 is 2.00 bits per heavy atom. The summed E-state index contributed by atoms with van der Waals surface area (Å²) in [5.41, 5.74) is 6.73. The molecule has 0 aliphatic heterocycles. The normalized spacial score (nSPS) is 16.2. The Morgan fingerprint density at radius 3 is 2.50 bits per heavy atom. The Hall–Kier alpha value is -0.820. The van der Waals surface area contributed by atoms with Crippen molar-refractivity contribution in [1.29, 1.82) is 0 Å². The Kier molecular flexibility index (Phi) is 6.67. The van der Waals surface area contributed by atoms with Gasteiger partial charge in [-0.05, 0) is 63.3 Å². The van der Waals surface area contributed by atoms with Crippen LogP contribution in [0.5, 0.6) is 5.75 Å². The first-order chi connectivity index (χ1) is 9.79. The Morgan fingerprint density at radius 1 is 1.36 bits per heavy atom. The number of nitrogens with one attached hydrogen (secondary N) is 1. The fourth-order valence-corrected chi connectivity index (χ4v) is 3.31. The summed E-state index contributed by atoms with van der Waals surface area (Å²) < 4.78 is 32.7. The molecule has 0 aromatic heterocycles. The maximum atomic E-state index is 12.3. The molecule has 1 aromatic carbocycles. The maximum Gasteiger partial charge on any atom is 0.240 e. The maximum absolute atomic E-state index is 12.3. The van der Waals surface area contributed by atoms with Gasteiger partial charge in [-0.1, -0.05) is 0 Å².